The number of nitrogens with zero attached hydrogens (tertiary/aromatic N) is 3. The van der Waals surface area contributed by atoms with Crippen LogP contribution >= 0.6 is 0 Å². The van der Waals surface area contributed by atoms with Crippen LogP contribution in [0.3, 0.4) is 0 Å². The van der Waals surface area contributed by atoms with Crippen LogP contribution in [-0.4, -0.2) is 58.8 Å². The number of anilines is 2. The first kappa shape index (κ1) is 22.8. The molecule has 31 heavy (non-hydrogen) atoms. The van der Waals surface area contributed by atoms with Crippen LogP contribution in [0.2, 0.25) is 0 Å². The van der Waals surface area contributed by atoms with E-state index < -0.39 is 17.6 Å². The van der Waals surface area contributed by atoms with E-state index in [0.29, 0.717) is 38.4 Å². The molecular formula is C20H24F3N5O3. The van der Waals surface area contributed by atoms with E-state index in [2.05, 4.69) is 20.6 Å². The van der Waals surface area contributed by atoms with E-state index in [-0.39, 0.29) is 24.2 Å². The van der Waals surface area contributed by atoms with Gasteiger partial charge in [0.25, 0.3) is 0 Å². The second kappa shape index (κ2) is 9.92. The highest BCUT2D eigenvalue weighted by molar-refractivity contribution is 5.94. The monoisotopic (exact) mass is 439 g/mol. The van der Waals surface area contributed by atoms with Crippen LogP contribution < -0.4 is 10.6 Å². The molecule has 2 heterocycles. The third-order valence-corrected chi connectivity index (χ3v) is 4.86. The number of amides is 2. The van der Waals surface area contributed by atoms with Gasteiger partial charge in [-0.2, -0.15) is 18.3 Å². The summed E-state index contributed by atoms with van der Waals surface area (Å²) in [6.07, 6.45) is -0.941. The Morgan fingerprint density at radius 2 is 1.94 bits per heavy atom. The van der Waals surface area contributed by atoms with Crippen molar-refractivity contribution in [1.82, 2.24) is 14.7 Å². The summed E-state index contributed by atoms with van der Waals surface area (Å²) in [5, 5.41) is 9.25. The number of rotatable bonds is 7. The Morgan fingerprint density at radius 1 is 1.19 bits per heavy atom. The number of morpholine rings is 1. The molecule has 3 rings (SSSR count). The Kier molecular flexibility index (Phi) is 7.29. The Hall–Kier alpha value is -2.92. The maximum absolute atomic E-state index is 12.8. The van der Waals surface area contributed by atoms with Gasteiger partial charge in [0.15, 0.2) is 0 Å². The lowest BCUT2D eigenvalue weighted by Crippen LogP contribution is -2.48. The summed E-state index contributed by atoms with van der Waals surface area (Å²) in [6.45, 7) is 4.25. The van der Waals surface area contributed by atoms with Gasteiger partial charge < -0.3 is 15.4 Å². The van der Waals surface area contributed by atoms with Crippen LogP contribution in [-0.2, 0) is 27.0 Å². The van der Waals surface area contributed by atoms with Crippen LogP contribution in [0.4, 0.5) is 24.5 Å². The summed E-state index contributed by atoms with van der Waals surface area (Å²) < 4.78 is 45.0. The van der Waals surface area contributed by atoms with Gasteiger partial charge in [0, 0.05) is 25.0 Å². The zero-order valence-electron chi connectivity index (χ0n) is 17.0. The number of nitrogens with one attached hydrogen (secondary N) is 2. The van der Waals surface area contributed by atoms with E-state index in [1.807, 2.05) is 6.92 Å². The lowest BCUT2D eigenvalue weighted by molar-refractivity contribution is -0.137. The molecule has 0 radical (unpaired) electrons. The third-order valence-electron chi connectivity index (χ3n) is 4.86. The topological polar surface area (TPSA) is 88.5 Å². The van der Waals surface area contributed by atoms with Gasteiger partial charge in [0.2, 0.25) is 11.8 Å². The Bertz CT molecular complexity index is 909. The van der Waals surface area contributed by atoms with Crippen LogP contribution in [0, 0.1) is 0 Å². The molecule has 0 unspecified atom stereocenters. The van der Waals surface area contributed by atoms with Gasteiger partial charge in [-0.3, -0.25) is 19.2 Å². The van der Waals surface area contributed by atoms with Crippen molar-refractivity contribution in [3.05, 3.63) is 42.2 Å². The molecule has 8 nitrogen and oxygen atoms in total. The predicted molar refractivity (Wildman–Crippen MR) is 107 cm³/mol. The summed E-state index contributed by atoms with van der Waals surface area (Å²) in [4.78, 5) is 26.9. The molecular weight excluding hydrogens is 415 g/mol. The fourth-order valence-corrected chi connectivity index (χ4v) is 3.36. The molecule has 168 valence electrons. The molecule has 1 fully saturated rings. The van der Waals surface area contributed by atoms with E-state index in [0.717, 1.165) is 12.1 Å². The minimum absolute atomic E-state index is 0.0387. The second-order valence-corrected chi connectivity index (χ2v) is 7.11. The number of ether oxygens (including phenoxy) is 1. The third kappa shape index (κ3) is 6.28. The average Bonchev–Trinajstić information content (AvgIpc) is 3.15. The molecule has 0 aliphatic carbocycles. The fourth-order valence-electron chi connectivity index (χ4n) is 3.36. The Morgan fingerprint density at radius 3 is 2.61 bits per heavy atom. The minimum atomic E-state index is -4.49. The minimum Gasteiger partial charge on any atom is -0.379 e. The molecule has 2 N–H and O–H groups in total. The van der Waals surface area contributed by atoms with Gasteiger partial charge in [-0.25, -0.2) is 0 Å². The smallest absolute Gasteiger partial charge is 0.379 e. The molecule has 0 bridgehead atoms. The normalized spacial score (nSPS) is 16.0. The van der Waals surface area contributed by atoms with Crippen molar-refractivity contribution in [1.29, 1.82) is 0 Å². The largest absolute Gasteiger partial charge is 0.416 e. The van der Waals surface area contributed by atoms with Crippen LogP contribution in [0.25, 0.3) is 0 Å². The number of hydrogen-bond donors (Lipinski definition) is 2. The molecule has 11 heteroatoms. The molecule has 1 aliphatic rings. The van der Waals surface area contributed by atoms with E-state index in [4.69, 9.17) is 4.74 Å². The summed E-state index contributed by atoms with van der Waals surface area (Å²) in [7, 11) is 0. The Labute approximate surface area is 177 Å². The van der Waals surface area contributed by atoms with Crippen molar-refractivity contribution in [3.63, 3.8) is 0 Å². The lowest BCUT2D eigenvalue weighted by Gasteiger charge is -2.32. The molecule has 1 atom stereocenters. The van der Waals surface area contributed by atoms with E-state index >= 15 is 0 Å². The molecule has 1 saturated heterocycles. The van der Waals surface area contributed by atoms with Crippen molar-refractivity contribution in [3.8, 4) is 0 Å². The van der Waals surface area contributed by atoms with Crippen molar-refractivity contribution < 1.29 is 27.5 Å². The number of aromatic nitrogens is 2. The average molecular weight is 439 g/mol. The van der Waals surface area contributed by atoms with Crippen molar-refractivity contribution in [2.24, 2.45) is 0 Å². The quantitative estimate of drug-likeness (QED) is 0.693. The molecule has 0 saturated carbocycles. The van der Waals surface area contributed by atoms with Crippen LogP contribution in [0.1, 0.15) is 18.9 Å². The van der Waals surface area contributed by atoms with Gasteiger partial charge in [-0.1, -0.05) is 13.0 Å². The van der Waals surface area contributed by atoms with E-state index in [9.17, 15) is 22.8 Å². The zero-order chi connectivity index (χ0) is 22.4. The van der Waals surface area contributed by atoms with E-state index in [1.54, 1.807) is 0 Å². The van der Waals surface area contributed by atoms with Crippen molar-refractivity contribution in [2.45, 2.75) is 32.1 Å². The van der Waals surface area contributed by atoms with Crippen LogP contribution in [0.15, 0.2) is 36.7 Å². The van der Waals surface area contributed by atoms with Gasteiger partial charge in [0.05, 0.1) is 36.7 Å². The number of halogens is 3. The molecule has 0 spiro atoms. The first-order valence-corrected chi connectivity index (χ1v) is 9.88. The van der Waals surface area contributed by atoms with Crippen LogP contribution in [0.5, 0.6) is 0 Å². The highest BCUT2D eigenvalue weighted by atomic mass is 19.4. The lowest BCUT2D eigenvalue weighted by atomic mass is 10.1. The van der Waals surface area contributed by atoms with Gasteiger partial charge >= 0.3 is 6.18 Å². The fraction of sp³-hybridized carbons (Fsp3) is 0.450. The highest BCUT2D eigenvalue weighted by Gasteiger charge is 2.30. The summed E-state index contributed by atoms with van der Waals surface area (Å²) in [5.41, 5.74) is -0.375. The number of alkyl halides is 3. The molecule has 1 aliphatic heterocycles. The van der Waals surface area contributed by atoms with Gasteiger partial charge in [0.1, 0.15) is 6.54 Å². The molecule has 2 aromatic rings. The maximum Gasteiger partial charge on any atom is 0.416 e. The molecule has 1 aromatic carbocycles. The SMILES string of the molecule is CC[C@@H](C(=O)Nc1cnn(CC(=O)Nc2cccc(C(F)(F)F)c2)c1)N1CCOCC1. The first-order valence-electron chi connectivity index (χ1n) is 9.88. The standard InChI is InChI=1S/C20H24F3N5O3/c1-2-17(27-6-8-31-9-7-27)19(30)26-16-11-24-28(12-16)13-18(29)25-15-5-3-4-14(10-15)20(21,22)23/h3-5,10-12,17H,2,6-9,13H2,1H3,(H,25,29)(H,26,30)/t17-/m0/s1. The Balaban J connectivity index is 1.55. The highest BCUT2D eigenvalue weighted by Crippen LogP contribution is 2.30. The number of hydrogen-bond acceptors (Lipinski definition) is 5. The van der Waals surface area contributed by atoms with Crippen molar-refractivity contribution in [2.75, 3.05) is 36.9 Å². The maximum atomic E-state index is 12.8. The van der Waals surface area contributed by atoms with Gasteiger partial charge in [-0.05, 0) is 24.6 Å². The first-order chi connectivity index (χ1) is 14.8. The predicted octanol–water partition coefficient (Wildman–Crippen LogP) is 2.59. The number of benzene rings is 1. The molecule has 2 amide bonds. The zero-order valence-corrected chi connectivity index (χ0v) is 17.0. The van der Waals surface area contributed by atoms with Gasteiger partial charge in [-0.15, -0.1) is 0 Å². The summed E-state index contributed by atoms with van der Waals surface area (Å²) in [5.74, 6) is -0.711. The summed E-state index contributed by atoms with van der Waals surface area (Å²) >= 11 is 0. The van der Waals surface area contributed by atoms with E-state index in [1.165, 1.54) is 29.2 Å². The number of carbonyl (C=O) groups is 2. The second-order valence-electron chi connectivity index (χ2n) is 7.11. The van der Waals surface area contributed by atoms with Crippen molar-refractivity contribution >= 4 is 23.2 Å². The number of carbonyl (C=O) groups excluding carboxylic acids is 2. The summed E-state index contributed by atoms with van der Waals surface area (Å²) in [6, 6.07) is 4.09. The molecule has 1 aromatic heterocycles.